The van der Waals surface area contributed by atoms with Gasteiger partial charge in [0.25, 0.3) is 5.91 Å². The molecular formula is C20H21ClN4O3S. The summed E-state index contributed by atoms with van der Waals surface area (Å²) in [5.41, 5.74) is 1.46. The number of aromatic nitrogens is 2. The second kappa shape index (κ2) is 8.77. The summed E-state index contributed by atoms with van der Waals surface area (Å²) in [5.74, 6) is -0.392. The van der Waals surface area contributed by atoms with E-state index >= 15 is 0 Å². The third-order valence-corrected chi connectivity index (χ3v) is 6.80. The Labute approximate surface area is 175 Å². The Kier molecular flexibility index (Phi) is 6.36. The topological polar surface area (TPSA) is 84.3 Å². The highest BCUT2D eigenvalue weighted by Gasteiger charge is 2.23. The number of nitrogens with zero attached hydrogens (tertiary/aromatic N) is 3. The molecule has 152 valence electrons. The van der Waals surface area contributed by atoms with Gasteiger partial charge in [-0.15, -0.1) is 0 Å². The van der Waals surface area contributed by atoms with Crippen molar-refractivity contribution in [1.82, 2.24) is 14.1 Å². The molecule has 0 fully saturated rings. The van der Waals surface area contributed by atoms with Crippen LogP contribution in [-0.2, 0) is 10.0 Å². The second-order valence-electron chi connectivity index (χ2n) is 6.18. The molecule has 1 heterocycles. The molecule has 0 aliphatic heterocycles. The minimum Gasteiger partial charge on any atom is -0.321 e. The molecule has 0 unspecified atom stereocenters. The van der Waals surface area contributed by atoms with E-state index in [0.717, 1.165) is 5.69 Å². The molecule has 0 aliphatic carbocycles. The van der Waals surface area contributed by atoms with Crippen molar-refractivity contribution in [1.29, 1.82) is 0 Å². The van der Waals surface area contributed by atoms with Crippen molar-refractivity contribution in [2.24, 2.45) is 0 Å². The lowest BCUT2D eigenvalue weighted by Crippen LogP contribution is -2.30. The van der Waals surface area contributed by atoms with E-state index in [-0.39, 0.29) is 15.6 Å². The number of halogens is 1. The average Bonchev–Trinajstić information content (AvgIpc) is 3.25. The van der Waals surface area contributed by atoms with Crippen molar-refractivity contribution >= 4 is 33.2 Å². The number of anilines is 1. The van der Waals surface area contributed by atoms with Crippen molar-refractivity contribution in [2.45, 2.75) is 18.7 Å². The smallest absolute Gasteiger partial charge is 0.255 e. The van der Waals surface area contributed by atoms with E-state index in [1.54, 1.807) is 55.2 Å². The first kappa shape index (κ1) is 21.0. The van der Waals surface area contributed by atoms with Gasteiger partial charge in [0.15, 0.2) is 0 Å². The fourth-order valence-electron chi connectivity index (χ4n) is 2.85. The van der Waals surface area contributed by atoms with Crippen LogP contribution < -0.4 is 5.32 Å². The van der Waals surface area contributed by atoms with E-state index < -0.39 is 15.9 Å². The van der Waals surface area contributed by atoms with Crippen LogP contribution in [0.2, 0.25) is 5.02 Å². The number of amides is 1. The van der Waals surface area contributed by atoms with Crippen molar-refractivity contribution < 1.29 is 13.2 Å². The molecule has 2 aromatic carbocycles. The molecular weight excluding hydrogens is 412 g/mol. The molecule has 3 aromatic rings. The number of rotatable bonds is 7. The SMILES string of the molecule is CCN(CC)S(=O)(=O)c1ccc(Cl)c(NC(=O)c2ccc(-n3cccn3)cc2)c1. The first-order valence-corrected chi connectivity index (χ1v) is 10.9. The van der Waals surface area contributed by atoms with Crippen LogP contribution in [0.4, 0.5) is 5.69 Å². The summed E-state index contributed by atoms with van der Waals surface area (Å²) in [6.07, 6.45) is 3.47. The molecule has 7 nitrogen and oxygen atoms in total. The lowest BCUT2D eigenvalue weighted by molar-refractivity contribution is 0.102. The predicted molar refractivity (Wildman–Crippen MR) is 113 cm³/mol. The van der Waals surface area contributed by atoms with Gasteiger partial charge in [0.05, 0.1) is 21.3 Å². The van der Waals surface area contributed by atoms with Crippen LogP contribution in [0.25, 0.3) is 5.69 Å². The van der Waals surface area contributed by atoms with Crippen LogP contribution in [0.3, 0.4) is 0 Å². The Hall–Kier alpha value is -2.68. The van der Waals surface area contributed by atoms with Gasteiger partial charge in [0.1, 0.15) is 0 Å². The number of hydrogen-bond donors (Lipinski definition) is 1. The van der Waals surface area contributed by atoms with E-state index in [1.807, 2.05) is 6.07 Å². The van der Waals surface area contributed by atoms with Gasteiger partial charge >= 0.3 is 0 Å². The number of carbonyl (C=O) groups excluding carboxylic acids is 1. The first-order valence-electron chi connectivity index (χ1n) is 9.08. The molecule has 1 aromatic heterocycles. The lowest BCUT2D eigenvalue weighted by atomic mass is 10.2. The molecule has 1 N–H and O–H groups in total. The zero-order valence-corrected chi connectivity index (χ0v) is 17.6. The van der Waals surface area contributed by atoms with Crippen LogP contribution >= 0.6 is 11.6 Å². The van der Waals surface area contributed by atoms with Crippen molar-refractivity contribution in [3.8, 4) is 5.69 Å². The third-order valence-electron chi connectivity index (χ3n) is 4.43. The summed E-state index contributed by atoms with van der Waals surface area (Å²) < 4.78 is 28.5. The van der Waals surface area contributed by atoms with Gasteiger partial charge in [-0.1, -0.05) is 25.4 Å². The fourth-order valence-corrected chi connectivity index (χ4v) is 4.50. The lowest BCUT2D eigenvalue weighted by Gasteiger charge is -2.19. The maximum atomic E-state index is 12.7. The van der Waals surface area contributed by atoms with Crippen molar-refractivity contribution in [3.05, 3.63) is 71.5 Å². The highest BCUT2D eigenvalue weighted by Crippen LogP contribution is 2.27. The normalized spacial score (nSPS) is 11.6. The predicted octanol–water partition coefficient (Wildman–Crippen LogP) is 3.81. The van der Waals surface area contributed by atoms with E-state index in [9.17, 15) is 13.2 Å². The largest absolute Gasteiger partial charge is 0.321 e. The van der Waals surface area contributed by atoms with Gasteiger partial charge in [-0.25, -0.2) is 13.1 Å². The van der Waals surface area contributed by atoms with Crippen LogP contribution in [-0.4, -0.2) is 41.5 Å². The first-order chi connectivity index (χ1) is 13.9. The average molecular weight is 433 g/mol. The summed E-state index contributed by atoms with van der Waals surface area (Å²) in [6, 6.07) is 13.0. The Morgan fingerprint density at radius 3 is 2.41 bits per heavy atom. The number of carbonyl (C=O) groups is 1. The molecule has 29 heavy (non-hydrogen) atoms. The number of nitrogens with one attached hydrogen (secondary N) is 1. The molecule has 1 amide bonds. The molecule has 0 radical (unpaired) electrons. The molecule has 3 rings (SSSR count). The highest BCUT2D eigenvalue weighted by molar-refractivity contribution is 7.89. The van der Waals surface area contributed by atoms with Gasteiger partial charge in [-0.3, -0.25) is 4.79 Å². The summed E-state index contributed by atoms with van der Waals surface area (Å²) in [7, 11) is -3.66. The minimum absolute atomic E-state index is 0.0786. The second-order valence-corrected chi connectivity index (χ2v) is 8.53. The van der Waals surface area contributed by atoms with Gasteiger partial charge < -0.3 is 5.32 Å². The molecule has 9 heteroatoms. The Bertz CT molecular complexity index is 1090. The number of hydrogen-bond acceptors (Lipinski definition) is 4. The third kappa shape index (κ3) is 4.50. The van der Waals surface area contributed by atoms with E-state index in [1.165, 1.54) is 22.5 Å². The van der Waals surface area contributed by atoms with Crippen molar-refractivity contribution in [2.75, 3.05) is 18.4 Å². The van der Waals surface area contributed by atoms with Crippen LogP contribution in [0, 0.1) is 0 Å². The summed E-state index contributed by atoms with van der Waals surface area (Å²) in [6.45, 7) is 4.25. The van der Waals surface area contributed by atoms with Crippen molar-refractivity contribution in [3.63, 3.8) is 0 Å². The van der Waals surface area contributed by atoms with E-state index in [0.29, 0.717) is 18.7 Å². The maximum Gasteiger partial charge on any atom is 0.255 e. The van der Waals surface area contributed by atoms with E-state index in [4.69, 9.17) is 11.6 Å². The van der Waals surface area contributed by atoms with Gasteiger partial charge in [-0.05, 0) is 48.5 Å². The summed E-state index contributed by atoms with van der Waals surface area (Å²) >= 11 is 6.18. The zero-order chi connectivity index (χ0) is 21.0. The van der Waals surface area contributed by atoms with E-state index in [2.05, 4.69) is 10.4 Å². The highest BCUT2D eigenvalue weighted by atomic mass is 35.5. The summed E-state index contributed by atoms with van der Waals surface area (Å²) in [5, 5.41) is 7.09. The molecule has 0 bridgehead atoms. The van der Waals surface area contributed by atoms with Crippen LogP contribution in [0.5, 0.6) is 0 Å². The van der Waals surface area contributed by atoms with Gasteiger partial charge in [-0.2, -0.15) is 9.40 Å². The van der Waals surface area contributed by atoms with Gasteiger partial charge in [0.2, 0.25) is 10.0 Å². The maximum absolute atomic E-state index is 12.7. The van der Waals surface area contributed by atoms with Crippen LogP contribution in [0.1, 0.15) is 24.2 Å². The number of sulfonamides is 1. The molecule has 0 saturated heterocycles. The standard InChI is InChI=1S/C20H21ClN4O3S/c1-3-24(4-2)29(27,28)17-10-11-18(21)19(14-17)23-20(26)15-6-8-16(9-7-15)25-13-5-12-22-25/h5-14H,3-4H2,1-2H3,(H,23,26). The molecule has 0 saturated carbocycles. The quantitative estimate of drug-likeness (QED) is 0.615. The number of benzene rings is 2. The van der Waals surface area contributed by atoms with Gasteiger partial charge in [0, 0.05) is 31.0 Å². The Morgan fingerprint density at radius 2 is 1.83 bits per heavy atom. The molecule has 0 atom stereocenters. The Balaban J connectivity index is 1.83. The summed E-state index contributed by atoms with van der Waals surface area (Å²) in [4.78, 5) is 12.7. The fraction of sp³-hybridized carbons (Fsp3) is 0.200. The van der Waals surface area contributed by atoms with Crippen LogP contribution in [0.15, 0.2) is 65.8 Å². The molecule has 0 aliphatic rings. The monoisotopic (exact) mass is 432 g/mol. The Morgan fingerprint density at radius 1 is 1.14 bits per heavy atom. The zero-order valence-electron chi connectivity index (χ0n) is 16.0. The molecule has 0 spiro atoms. The minimum atomic E-state index is -3.66.